The monoisotopic (exact) mass is 373 g/mol. The van der Waals surface area contributed by atoms with E-state index in [-0.39, 0.29) is 0 Å². The Kier molecular flexibility index (Phi) is 4.04. The molecule has 1 aliphatic heterocycles. The molecule has 0 amide bonds. The molecule has 1 fully saturated rings. The van der Waals surface area contributed by atoms with Crippen molar-refractivity contribution in [1.82, 2.24) is 15.0 Å². The van der Waals surface area contributed by atoms with Crippen LogP contribution in [0.25, 0.3) is 21.9 Å². The van der Waals surface area contributed by atoms with Crippen molar-refractivity contribution in [2.45, 2.75) is 6.92 Å². The number of hydrogen-bond donors (Lipinski definition) is 1. The Balaban J connectivity index is 1.39. The summed E-state index contributed by atoms with van der Waals surface area (Å²) >= 11 is 0. The Morgan fingerprint density at radius 1 is 0.929 bits per heavy atom. The number of methoxy groups -OCH3 is 1. The van der Waals surface area contributed by atoms with Gasteiger partial charge in [-0.15, -0.1) is 0 Å². The average molecular weight is 373 g/mol. The second-order valence-electron chi connectivity index (χ2n) is 7.21. The summed E-state index contributed by atoms with van der Waals surface area (Å²) in [4.78, 5) is 17.7. The summed E-state index contributed by atoms with van der Waals surface area (Å²) in [5.41, 5.74) is 4.25. The molecule has 0 aliphatic carbocycles. The first-order valence-corrected chi connectivity index (χ1v) is 9.62. The number of para-hydroxylation sites is 3. The lowest BCUT2D eigenvalue weighted by molar-refractivity contribution is 0.419. The van der Waals surface area contributed by atoms with Crippen molar-refractivity contribution in [2.24, 2.45) is 0 Å². The average Bonchev–Trinajstić information content (AvgIpc) is 3.18. The van der Waals surface area contributed by atoms with Gasteiger partial charge >= 0.3 is 0 Å². The van der Waals surface area contributed by atoms with Crippen LogP contribution in [0.4, 0.5) is 11.8 Å². The molecule has 0 radical (unpaired) electrons. The molecular formula is C22H23N5O. The number of piperazine rings is 1. The standard InChI is InChI=1S/C22H23N5O/c1-15-14-20(25-21-16(15)6-5-9-19(21)28-2)26-10-12-27(13-11-26)22-23-17-7-3-4-8-18(17)24-22/h3-9,14H,10-13H2,1-2H3,(H,23,24). The smallest absolute Gasteiger partial charge is 0.203 e. The predicted molar refractivity (Wildman–Crippen MR) is 114 cm³/mol. The highest BCUT2D eigenvalue weighted by Crippen LogP contribution is 2.30. The third-order valence-electron chi connectivity index (χ3n) is 5.50. The largest absolute Gasteiger partial charge is 0.494 e. The highest BCUT2D eigenvalue weighted by Gasteiger charge is 2.21. The van der Waals surface area contributed by atoms with Gasteiger partial charge in [-0.2, -0.15) is 0 Å². The van der Waals surface area contributed by atoms with Gasteiger partial charge in [0.1, 0.15) is 17.1 Å². The topological polar surface area (TPSA) is 57.3 Å². The Hall–Kier alpha value is -3.28. The summed E-state index contributed by atoms with van der Waals surface area (Å²) in [6.45, 7) is 5.76. The predicted octanol–water partition coefficient (Wildman–Crippen LogP) is 3.75. The maximum atomic E-state index is 5.53. The third kappa shape index (κ3) is 2.81. The maximum Gasteiger partial charge on any atom is 0.203 e. The number of pyridine rings is 1. The van der Waals surface area contributed by atoms with Gasteiger partial charge < -0.3 is 19.5 Å². The number of aryl methyl sites for hydroxylation is 1. The van der Waals surface area contributed by atoms with Crippen LogP contribution in [0.2, 0.25) is 0 Å². The van der Waals surface area contributed by atoms with E-state index in [1.54, 1.807) is 7.11 Å². The summed E-state index contributed by atoms with van der Waals surface area (Å²) in [6.07, 6.45) is 0. The Morgan fingerprint density at radius 3 is 2.50 bits per heavy atom. The Labute approximate surface area is 163 Å². The summed E-state index contributed by atoms with van der Waals surface area (Å²) in [6, 6.07) is 16.4. The third-order valence-corrected chi connectivity index (χ3v) is 5.50. The van der Waals surface area contributed by atoms with E-state index in [4.69, 9.17) is 14.7 Å². The van der Waals surface area contributed by atoms with Crippen molar-refractivity contribution in [2.75, 3.05) is 43.1 Å². The number of fused-ring (bicyclic) bond motifs is 2. The van der Waals surface area contributed by atoms with Gasteiger partial charge in [0.05, 0.1) is 18.1 Å². The molecule has 142 valence electrons. The molecule has 2 aromatic carbocycles. The van der Waals surface area contributed by atoms with Gasteiger partial charge in [0.15, 0.2) is 0 Å². The lowest BCUT2D eigenvalue weighted by Crippen LogP contribution is -2.47. The van der Waals surface area contributed by atoms with Gasteiger partial charge in [0.2, 0.25) is 5.95 Å². The molecule has 1 saturated heterocycles. The zero-order valence-electron chi connectivity index (χ0n) is 16.1. The van der Waals surface area contributed by atoms with Gasteiger partial charge in [-0.1, -0.05) is 24.3 Å². The molecule has 6 heteroatoms. The number of anilines is 2. The van der Waals surface area contributed by atoms with E-state index in [9.17, 15) is 0 Å². The van der Waals surface area contributed by atoms with Gasteiger partial charge in [-0.3, -0.25) is 0 Å². The number of nitrogens with one attached hydrogen (secondary N) is 1. The first-order valence-electron chi connectivity index (χ1n) is 9.62. The van der Waals surface area contributed by atoms with E-state index >= 15 is 0 Å². The molecule has 28 heavy (non-hydrogen) atoms. The number of aromatic amines is 1. The van der Waals surface area contributed by atoms with Crippen LogP contribution in [-0.2, 0) is 0 Å². The molecule has 0 saturated carbocycles. The van der Waals surface area contributed by atoms with Crippen LogP contribution in [0.15, 0.2) is 48.5 Å². The fourth-order valence-electron chi connectivity index (χ4n) is 3.94. The normalized spacial score (nSPS) is 14.8. The number of ether oxygens (including phenoxy) is 1. The molecule has 1 N–H and O–H groups in total. The summed E-state index contributed by atoms with van der Waals surface area (Å²) < 4.78 is 5.53. The van der Waals surface area contributed by atoms with Gasteiger partial charge in [0, 0.05) is 31.6 Å². The van der Waals surface area contributed by atoms with E-state index in [0.717, 1.165) is 65.6 Å². The summed E-state index contributed by atoms with van der Waals surface area (Å²) in [7, 11) is 1.70. The minimum absolute atomic E-state index is 0.823. The van der Waals surface area contributed by atoms with E-state index < -0.39 is 0 Å². The molecule has 4 aromatic rings. The van der Waals surface area contributed by atoms with Crippen LogP contribution in [0.1, 0.15) is 5.56 Å². The summed E-state index contributed by atoms with van der Waals surface area (Å²) in [5.74, 6) is 2.78. The van der Waals surface area contributed by atoms with Gasteiger partial charge in [-0.25, -0.2) is 9.97 Å². The number of hydrogen-bond acceptors (Lipinski definition) is 5. The van der Waals surface area contributed by atoms with E-state index in [1.165, 1.54) is 5.56 Å². The molecule has 5 rings (SSSR count). The quantitative estimate of drug-likeness (QED) is 0.593. The van der Waals surface area contributed by atoms with Gasteiger partial charge in [-0.05, 0) is 36.8 Å². The van der Waals surface area contributed by atoms with Crippen molar-refractivity contribution in [3.05, 3.63) is 54.1 Å². The molecule has 1 aliphatic rings. The van der Waals surface area contributed by atoms with Crippen LogP contribution < -0.4 is 14.5 Å². The van der Waals surface area contributed by atoms with Crippen molar-refractivity contribution >= 4 is 33.7 Å². The molecular weight excluding hydrogens is 350 g/mol. The van der Waals surface area contributed by atoms with Crippen LogP contribution in [0, 0.1) is 6.92 Å². The second kappa shape index (κ2) is 6.71. The fraction of sp³-hybridized carbons (Fsp3) is 0.273. The Bertz CT molecular complexity index is 1110. The molecule has 0 atom stereocenters. The highest BCUT2D eigenvalue weighted by atomic mass is 16.5. The van der Waals surface area contributed by atoms with Crippen LogP contribution in [-0.4, -0.2) is 48.2 Å². The first kappa shape index (κ1) is 16.9. The molecule has 0 bridgehead atoms. The molecule has 6 nitrogen and oxygen atoms in total. The molecule has 3 heterocycles. The fourth-order valence-corrected chi connectivity index (χ4v) is 3.94. The van der Waals surface area contributed by atoms with Crippen molar-refractivity contribution < 1.29 is 4.74 Å². The number of rotatable bonds is 3. The number of imidazole rings is 1. The summed E-state index contributed by atoms with van der Waals surface area (Å²) in [5, 5.41) is 1.14. The van der Waals surface area contributed by atoms with Crippen LogP contribution in [0.3, 0.4) is 0 Å². The van der Waals surface area contributed by atoms with E-state index in [1.807, 2.05) is 30.3 Å². The minimum Gasteiger partial charge on any atom is -0.494 e. The molecule has 0 spiro atoms. The number of benzene rings is 2. The zero-order valence-corrected chi connectivity index (χ0v) is 16.1. The van der Waals surface area contributed by atoms with Crippen molar-refractivity contribution in [3.63, 3.8) is 0 Å². The van der Waals surface area contributed by atoms with Crippen molar-refractivity contribution in [3.8, 4) is 5.75 Å². The second-order valence-corrected chi connectivity index (χ2v) is 7.21. The van der Waals surface area contributed by atoms with Crippen molar-refractivity contribution in [1.29, 1.82) is 0 Å². The highest BCUT2D eigenvalue weighted by molar-refractivity contribution is 5.89. The SMILES string of the molecule is COc1cccc2c(C)cc(N3CCN(c4nc5ccccc5[nH]4)CC3)nc12. The zero-order chi connectivity index (χ0) is 19.1. The van der Waals surface area contributed by atoms with Crippen LogP contribution >= 0.6 is 0 Å². The minimum atomic E-state index is 0.823. The van der Waals surface area contributed by atoms with E-state index in [0.29, 0.717) is 0 Å². The lowest BCUT2D eigenvalue weighted by atomic mass is 10.1. The number of H-pyrrole nitrogens is 1. The molecule has 0 unspecified atom stereocenters. The maximum absolute atomic E-state index is 5.53. The van der Waals surface area contributed by atoms with Gasteiger partial charge in [0.25, 0.3) is 0 Å². The van der Waals surface area contributed by atoms with E-state index in [2.05, 4.69) is 39.9 Å². The van der Waals surface area contributed by atoms with Crippen LogP contribution in [0.5, 0.6) is 5.75 Å². The Morgan fingerprint density at radius 2 is 1.71 bits per heavy atom. The molecule has 2 aromatic heterocycles. The number of nitrogens with zero attached hydrogens (tertiary/aromatic N) is 4. The lowest BCUT2D eigenvalue weighted by Gasteiger charge is -2.35. The first-order chi connectivity index (χ1) is 13.7. The number of aromatic nitrogens is 3.